The topological polar surface area (TPSA) is 55.5 Å². The molecule has 0 radical (unpaired) electrons. The van der Waals surface area contributed by atoms with Gasteiger partial charge in [0.05, 0.1) is 19.3 Å². The highest BCUT2D eigenvalue weighted by atomic mass is 16.5. The average Bonchev–Trinajstić information content (AvgIpc) is 2.26. The van der Waals surface area contributed by atoms with Crippen LogP contribution in [0.25, 0.3) is 0 Å². The molecule has 16 heavy (non-hydrogen) atoms. The van der Waals surface area contributed by atoms with Crippen LogP contribution in [0.3, 0.4) is 0 Å². The van der Waals surface area contributed by atoms with Crippen LogP contribution in [0.2, 0.25) is 0 Å². The van der Waals surface area contributed by atoms with Crippen LogP contribution >= 0.6 is 0 Å². The lowest BCUT2D eigenvalue weighted by atomic mass is 9.82. The molecule has 0 aliphatic rings. The maximum atomic E-state index is 10.1. The number of hydrogen-bond donors (Lipinski definition) is 2. The first-order chi connectivity index (χ1) is 7.36. The fraction of sp³-hybridized carbons (Fsp3) is 0.538. The Morgan fingerprint density at radius 1 is 1.19 bits per heavy atom. The molecule has 90 valence electrons. The zero-order valence-corrected chi connectivity index (χ0v) is 10.4. The second-order valence-corrected chi connectivity index (χ2v) is 5.11. The van der Waals surface area contributed by atoms with Gasteiger partial charge in [-0.15, -0.1) is 0 Å². The van der Waals surface area contributed by atoms with E-state index in [4.69, 9.17) is 10.5 Å². The number of rotatable bonds is 3. The van der Waals surface area contributed by atoms with Crippen LogP contribution in [0, 0.1) is 5.41 Å². The first-order valence-electron chi connectivity index (χ1n) is 5.44. The van der Waals surface area contributed by atoms with E-state index < -0.39 is 6.10 Å². The first kappa shape index (κ1) is 13.0. The van der Waals surface area contributed by atoms with Gasteiger partial charge >= 0.3 is 0 Å². The van der Waals surface area contributed by atoms with Gasteiger partial charge in [0, 0.05) is 0 Å². The summed E-state index contributed by atoms with van der Waals surface area (Å²) in [5, 5.41) is 10.1. The molecule has 3 nitrogen and oxygen atoms in total. The van der Waals surface area contributed by atoms with Crippen molar-refractivity contribution in [3.8, 4) is 5.75 Å². The lowest BCUT2D eigenvalue weighted by Crippen LogP contribution is -2.36. The molecule has 0 spiro atoms. The minimum absolute atomic E-state index is 0.223. The van der Waals surface area contributed by atoms with Crippen molar-refractivity contribution in [3.63, 3.8) is 0 Å². The van der Waals surface area contributed by atoms with Crippen molar-refractivity contribution in [2.45, 2.75) is 32.9 Å². The summed E-state index contributed by atoms with van der Waals surface area (Å²) >= 11 is 0. The largest absolute Gasteiger partial charge is 0.497 e. The lowest BCUT2D eigenvalue weighted by Gasteiger charge is -2.31. The predicted octanol–water partition coefficient (Wildman–Crippen LogP) is 2.10. The molecule has 0 amide bonds. The molecule has 1 rings (SSSR count). The molecule has 2 atom stereocenters. The number of aliphatic hydroxyl groups excluding tert-OH is 1. The molecule has 3 N–H and O–H groups in total. The zero-order valence-electron chi connectivity index (χ0n) is 10.4. The second kappa shape index (κ2) is 4.85. The normalized spacial score (nSPS) is 15.6. The van der Waals surface area contributed by atoms with Crippen molar-refractivity contribution in [2.24, 2.45) is 11.1 Å². The van der Waals surface area contributed by atoms with Gasteiger partial charge in [-0.05, 0) is 23.1 Å². The maximum Gasteiger partial charge on any atom is 0.118 e. The third kappa shape index (κ3) is 2.97. The zero-order chi connectivity index (χ0) is 12.3. The fourth-order valence-corrected chi connectivity index (χ4v) is 1.55. The number of hydrogen-bond acceptors (Lipinski definition) is 3. The molecule has 0 aliphatic heterocycles. The maximum absolute atomic E-state index is 10.1. The predicted molar refractivity (Wildman–Crippen MR) is 65.4 cm³/mol. The molecule has 1 aromatic rings. The van der Waals surface area contributed by atoms with Gasteiger partial charge in [0.15, 0.2) is 0 Å². The number of aliphatic hydroxyl groups is 1. The Bertz CT molecular complexity index is 327. The summed E-state index contributed by atoms with van der Waals surface area (Å²) in [5.74, 6) is 0.793. The summed E-state index contributed by atoms with van der Waals surface area (Å²) in [7, 11) is 1.62. The van der Waals surface area contributed by atoms with Crippen molar-refractivity contribution in [3.05, 3.63) is 29.8 Å². The molecule has 3 heteroatoms. The molecule has 0 saturated heterocycles. The smallest absolute Gasteiger partial charge is 0.118 e. The fourth-order valence-electron chi connectivity index (χ4n) is 1.55. The average molecular weight is 223 g/mol. The second-order valence-electron chi connectivity index (χ2n) is 5.11. The highest BCUT2D eigenvalue weighted by molar-refractivity contribution is 5.29. The van der Waals surface area contributed by atoms with Gasteiger partial charge in [0.2, 0.25) is 0 Å². The Morgan fingerprint density at radius 2 is 1.69 bits per heavy atom. The highest BCUT2D eigenvalue weighted by Gasteiger charge is 2.28. The van der Waals surface area contributed by atoms with Crippen LogP contribution in [0.1, 0.15) is 32.4 Å². The van der Waals surface area contributed by atoms with Gasteiger partial charge in [-0.1, -0.05) is 32.9 Å². The SMILES string of the molecule is COc1ccc([C@@H](N)[C@@H](O)C(C)(C)C)cc1. The molecule has 0 bridgehead atoms. The first-order valence-corrected chi connectivity index (χ1v) is 5.44. The van der Waals surface area contributed by atoms with E-state index in [9.17, 15) is 5.11 Å². The molecule has 0 fully saturated rings. The molecule has 0 aromatic heterocycles. The molecule has 0 saturated carbocycles. The molecule has 0 aliphatic carbocycles. The van der Waals surface area contributed by atoms with Crippen LogP contribution < -0.4 is 10.5 Å². The van der Waals surface area contributed by atoms with E-state index in [0.29, 0.717) is 0 Å². The third-order valence-corrected chi connectivity index (χ3v) is 2.73. The van der Waals surface area contributed by atoms with E-state index in [0.717, 1.165) is 11.3 Å². The van der Waals surface area contributed by atoms with Crippen LogP contribution in [0.5, 0.6) is 5.75 Å². The monoisotopic (exact) mass is 223 g/mol. The summed E-state index contributed by atoms with van der Waals surface area (Å²) < 4.78 is 5.07. The Labute approximate surface area is 97.2 Å². The number of methoxy groups -OCH3 is 1. The summed E-state index contributed by atoms with van der Waals surface area (Å²) in [4.78, 5) is 0. The Kier molecular flexibility index (Phi) is 3.94. The van der Waals surface area contributed by atoms with Crippen molar-refractivity contribution >= 4 is 0 Å². The van der Waals surface area contributed by atoms with Crippen LogP contribution in [-0.4, -0.2) is 18.3 Å². The van der Waals surface area contributed by atoms with Crippen molar-refractivity contribution in [1.82, 2.24) is 0 Å². The standard InChI is InChI=1S/C13H21NO2/c1-13(2,3)12(15)11(14)9-5-7-10(16-4)8-6-9/h5-8,11-12,15H,14H2,1-4H3/t11-,12-/m1/s1. The van der Waals surface area contributed by atoms with E-state index in [1.165, 1.54) is 0 Å². The molecule has 0 heterocycles. The van der Waals surface area contributed by atoms with Crippen molar-refractivity contribution in [1.29, 1.82) is 0 Å². The summed E-state index contributed by atoms with van der Waals surface area (Å²) in [5.41, 5.74) is 6.72. The van der Waals surface area contributed by atoms with Gasteiger partial charge in [-0.3, -0.25) is 0 Å². The molecule has 1 aromatic carbocycles. The van der Waals surface area contributed by atoms with Crippen molar-refractivity contribution < 1.29 is 9.84 Å². The molecular formula is C13H21NO2. The molecular weight excluding hydrogens is 202 g/mol. The van der Waals surface area contributed by atoms with Crippen molar-refractivity contribution in [2.75, 3.05) is 7.11 Å². The van der Waals surface area contributed by atoms with E-state index in [-0.39, 0.29) is 11.5 Å². The quantitative estimate of drug-likeness (QED) is 0.825. The van der Waals surface area contributed by atoms with E-state index in [2.05, 4.69) is 0 Å². The Morgan fingerprint density at radius 3 is 2.06 bits per heavy atom. The number of benzene rings is 1. The number of ether oxygens (including phenoxy) is 1. The third-order valence-electron chi connectivity index (χ3n) is 2.73. The number of nitrogens with two attached hydrogens (primary N) is 1. The van der Waals surface area contributed by atoms with Gasteiger partial charge in [-0.25, -0.2) is 0 Å². The van der Waals surface area contributed by atoms with Crippen LogP contribution in [-0.2, 0) is 0 Å². The van der Waals surface area contributed by atoms with Gasteiger partial charge < -0.3 is 15.6 Å². The minimum Gasteiger partial charge on any atom is -0.497 e. The summed E-state index contributed by atoms with van der Waals surface area (Å²) in [6, 6.07) is 7.11. The van der Waals surface area contributed by atoms with Gasteiger partial charge in [0.1, 0.15) is 5.75 Å². The van der Waals surface area contributed by atoms with Gasteiger partial charge in [-0.2, -0.15) is 0 Å². The van der Waals surface area contributed by atoms with Gasteiger partial charge in [0.25, 0.3) is 0 Å². The Balaban J connectivity index is 2.84. The highest BCUT2D eigenvalue weighted by Crippen LogP contribution is 2.29. The van der Waals surface area contributed by atoms with E-state index in [1.807, 2.05) is 45.0 Å². The Hall–Kier alpha value is -1.06. The van der Waals surface area contributed by atoms with E-state index in [1.54, 1.807) is 7.11 Å². The summed E-state index contributed by atoms with van der Waals surface area (Å²) in [6.45, 7) is 5.92. The summed E-state index contributed by atoms with van der Waals surface area (Å²) in [6.07, 6.45) is -0.569. The van der Waals surface area contributed by atoms with Crippen LogP contribution in [0.15, 0.2) is 24.3 Å². The lowest BCUT2D eigenvalue weighted by molar-refractivity contribution is 0.0401. The van der Waals surface area contributed by atoms with Crippen LogP contribution in [0.4, 0.5) is 0 Å². The van der Waals surface area contributed by atoms with E-state index >= 15 is 0 Å². The minimum atomic E-state index is -0.569. The molecule has 0 unspecified atom stereocenters.